The van der Waals surface area contributed by atoms with E-state index in [-0.39, 0.29) is 36.5 Å². The normalized spacial score (nSPS) is 13.3. The van der Waals surface area contributed by atoms with Gasteiger partial charge in [-0.3, -0.25) is 18.7 Å². The van der Waals surface area contributed by atoms with Gasteiger partial charge in [-0.1, -0.05) is 12.1 Å². The molecule has 0 aliphatic heterocycles. The Morgan fingerprint density at radius 2 is 1.81 bits per heavy atom. The van der Waals surface area contributed by atoms with E-state index in [1.165, 1.54) is 25.3 Å². The number of hydrogen-bond donors (Lipinski definition) is 6. The number of esters is 1. The number of carbonyl (C=O) groups excluding carboxylic acids is 2. The van der Waals surface area contributed by atoms with E-state index >= 15 is 0 Å². The van der Waals surface area contributed by atoms with Gasteiger partial charge in [-0.25, -0.2) is 0 Å². The highest BCUT2D eigenvalue weighted by atomic mass is 31.2. The zero-order chi connectivity index (χ0) is 27.7. The van der Waals surface area contributed by atoms with E-state index < -0.39 is 56.0 Å². The molecule has 0 bridgehead atoms. The maximum absolute atomic E-state index is 12.6. The first-order valence-electron chi connectivity index (χ1n) is 10.00. The molecular formula is C18H26N2O14P2. The Hall–Kier alpha value is -2.68. The smallest absolute Gasteiger partial charge is 0.370 e. The zero-order valence-corrected chi connectivity index (χ0v) is 20.6. The number of nitrogens with two attached hydrogens (primary N) is 1. The van der Waals surface area contributed by atoms with Gasteiger partial charge in [0.1, 0.15) is 0 Å². The van der Waals surface area contributed by atoms with Crippen LogP contribution < -0.4 is 15.2 Å². The minimum Gasteiger partial charge on any atom is -0.493 e. The van der Waals surface area contributed by atoms with Crippen LogP contribution in [-0.4, -0.2) is 66.9 Å². The number of methoxy groups -OCH3 is 1. The molecule has 1 unspecified atom stereocenters. The SMILES string of the molecule is COc1cc(/C=C/C(=O)C(CCN)C(O)(P(=O)(O)O)P(=O)(O)O)ccc1OC(=O)CCCO[N+](=O)[O-]. The van der Waals surface area contributed by atoms with Crippen molar-refractivity contribution in [3.8, 4) is 11.5 Å². The maximum atomic E-state index is 12.6. The molecule has 0 amide bonds. The molecule has 18 heteroatoms. The fourth-order valence-corrected chi connectivity index (χ4v) is 5.65. The largest absolute Gasteiger partial charge is 0.493 e. The van der Waals surface area contributed by atoms with Crippen LogP contribution in [0, 0.1) is 16.0 Å². The van der Waals surface area contributed by atoms with Gasteiger partial charge >= 0.3 is 21.2 Å². The first-order chi connectivity index (χ1) is 16.6. The number of nitrogens with zero attached hydrogens (tertiary/aromatic N) is 1. The highest BCUT2D eigenvalue weighted by Gasteiger charge is 2.65. The predicted octanol–water partition coefficient (Wildman–Crippen LogP) is 0.138. The molecule has 0 radical (unpaired) electrons. The summed E-state index contributed by atoms with van der Waals surface area (Å²) in [6, 6.07) is 3.94. The Labute approximate surface area is 204 Å². The summed E-state index contributed by atoms with van der Waals surface area (Å²) in [5, 5.41) is 15.4. The van der Waals surface area contributed by atoms with Crippen LogP contribution in [0.15, 0.2) is 24.3 Å². The standard InChI is InChI=1S/C18H26N2O14P2/c1-32-16-11-12(5-7-15(16)34-17(22)3-2-10-33-20(24)25)4-6-14(21)13(8-9-19)18(23,35(26,27)28)36(29,30)31/h4-7,11,13,23H,2-3,8-10,19H2,1H3,(H2,26,27,28)(H2,29,30,31)/b6-4+. The van der Waals surface area contributed by atoms with Gasteiger partial charge in [0.15, 0.2) is 17.3 Å². The van der Waals surface area contributed by atoms with Gasteiger partial charge in [-0.05, 0) is 43.2 Å². The van der Waals surface area contributed by atoms with Crippen molar-refractivity contribution in [1.29, 1.82) is 0 Å². The lowest BCUT2D eigenvalue weighted by Gasteiger charge is -2.34. The molecule has 0 spiro atoms. The molecule has 0 fully saturated rings. The van der Waals surface area contributed by atoms with E-state index in [0.717, 1.165) is 12.2 Å². The summed E-state index contributed by atoms with van der Waals surface area (Å²) in [4.78, 5) is 76.4. The number of ketones is 1. The van der Waals surface area contributed by atoms with E-state index in [9.17, 15) is 53.5 Å². The summed E-state index contributed by atoms with van der Waals surface area (Å²) in [5.74, 6) is -4.19. The molecule has 0 saturated heterocycles. The van der Waals surface area contributed by atoms with E-state index in [0.29, 0.717) is 0 Å². The van der Waals surface area contributed by atoms with Gasteiger partial charge in [-0.15, -0.1) is 10.1 Å². The maximum Gasteiger partial charge on any atom is 0.370 e. The average Bonchev–Trinajstić information content (AvgIpc) is 2.77. The Kier molecular flexibility index (Phi) is 11.4. The second-order valence-corrected chi connectivity index (χ2v) is 11.1. The number of allylic oxidation sites excluding steroid dienone is 1. The molecule has 36 heavy (non-hydrogen) atoms. The molecule has 1 atom stereocenters. The van der Waals surface area contributed by atoms with Crippen molar-refractivity contribution >= 4 is 33.0 Å². The molecule has 1 aromatic carbocycles. The van der Waals surface area contributed by atoms with Gasteiger partial charge in [0.05, 0.1) is 19.6 Å². The van der Waals surface area contributed by atoms with Crippen molar-refractivity contribution in [2.75, 3.05) is 20.3 Å². The second-order valence-electron chi connectivity index (χ2n) is 7.19. The molecule has 0 aromatic heterocycles. The van der Waals surface area contributed by atoms with Crippen molar-refractivity contribution in [1.82, 2.24) is 0 Å². The van der Waals surface area contributed by atoms with E-state index in [2.05, 4.69) is 4.84 Å². The quantitative estimate of drug-likeness (QED) is 0.0319. The lowest BCUT2D eigenvalue weighted by atomic mass is 9.99. The molecular weight excluding hydrogens is 530 g/mol. The van der Waals surface area contributed by atoms with Crippen molar-refractivity contribution < 1.29 is 62.8 Å². The Balaban J connectivity index is 3.10. The van der Waals surface area contributed by atoms with Gasteiger partial charge in [-0.2, -0.15) is 0 Å². The van der Waals surface area contributed by atoms with Gasteiger partial charge < -0.3 is 44.7 Å². The van der Waals surface area contributed by atoms with Crippen molar-refractivity contribution in [2.24, 2.45) is 11.7 Å². The third-order valence-electron chi connectivity index (χ3n) is 4.70. The summed E-state index contributed by atoms with van der Waals surface area (Å²) in [5.41, 5.74) is 5.55. The molecule has 1 rings (SSSR count). The highest BCUT2D eigenvalue weighted by molar-refractivity contribution is 7.72. The summed E-state index contributed by atoms with van der Waals surface area (Å²) in [6.07, 6.45) is 1.02. The van der Waals surface area contributed by atoms with E-state index in [1.54, 1.807) is 0 Å². The van der Waals surface area contributed by atoms with Gasteiger partial charge in [0, 0.05) is 6.42 Å². The molecule has 1 aromatic rings. The number of rotatable bonds is 15. The minimum absolute atomic E-state index is 0.0185. The third kappa shape index (κ3) is 8.18. The fraction of sp³-hybridized carbons (Fsp3) is 0.444. The summed E-state index contributed by atoms with van der Waals surface area (Å²) in [7, 11) is -10.6. The minimum atomic E-state index is -5.92. The second kappa shape index (κ2) is 13.0. The van der Waals surface area contributed by atoms with E-state index in [1.807, 2.05) is 0 Å². The zero-order valence-electron chi connectivity index (χ0n) is 18.8. The lowest BCUT2D eigenvalue weighted by molar-refractivity contribution is -0.757. The fourth-order valence-electron chi connectivity index (χ4n) is 2.97. The Bertz CT molecular complexity index is 1060. The molecule has 0 heterocycles. The van der Waals surface area contributed by atoms with Gasteiger partial charge in [0.25, 0.3) is 10.2 Å². The molecule has 202 valence electrons. The third-order valence-corrected chi connectivity index (χ3v) is 8.60. The molecule has 16 nitrogen and oxygen atoms in total. The molecule has 0 aliphatic carbocycles. The lowest BCUT2D eigenvalue weighted by Crippen LogP contribution is -2.42. The Morgan fingerprint density at radius 1 is 1.19 bits per heavy atom. The summed E-state index contributed by atoms with van der Waals surface area (Å²) >= 11 is 0. The van der Waals surface area contributed by atoms with E-state index in [4.69, 9.17) is 15.2 Å². The van der Waals surface area contributed by atoms with Crippen LogP contribution in [0.2, 0.25) is 0 Å². The number of ether oxygens (including phenoxy) is 2. The molecule has 0 saturated carbocycles. The first-order valence-corrected chi connectivity index (χ1v) is 13.2. The molecule has 0 aliphatic rings. The van der Waals surface area contributed by atoms with Crippen LogP contribution in [0.1, 0.15) is 24.8 Å². The van der Waals surface area contributed by atoms with Crippen molar-refractivity contribution in [2.45, 2.75) is 24.3 Å². The predicted molar refractivity (Wildman–Crippen MR) is 121 cm³/mol. The first kappa shape index (κ1) is 31.4. The van der Waals surface area contributed by atoms with Crippen molar-refractivity contribution in [3.05, 3.63) is 40.0 Å². The van der Waals surface area contributed by atoms with Crippen molar-refractivity contribution in [3.63, 3.8) is 0 Å². The number of aliphatic hydroxyl groups is 1. The molecule has 7 N–H and O–H groups in total. The van der Waals surface area contributed by atoms with Crippen LogP contribution in [0.4, 0.5) is 0 Å². The summed E-state index contributed by atoms with van der Waals surface area (Å²) in [6.45, 7) is -0.736. The number of benzene rings is 1. The Morgan fingerprint density at radius 3 is 2.31 bits per heavy atom. The van der Waals surface area contributed by atoms with Crippen LogP contribution in [0.25, 0.3) is 6.08 Å². The number of hydrogen-bond acceptors (Lipinski definition) is 11. The van der Waals surface area contributed by atoms with Crippen LogP contribution in [0.3, 0.4) is 0 Å². The topological polar surface area (TPSA) is 266 Å². The number of carbonyl (C=O) groups is 2. The average molecular weight is 556 g/mol. The van der Waals surface area contributed by atoms with Crippen LogP contribution in [-0.2, 0) is 23.6 Å². The van der Waals surface area contributed by atoms with Crippen LogP contribution in [0.5, 0.6) is 11.5 Å². The van der Waals surface area contributed by atoms with Crippen LogP contribution >= 0.6 is 15.2 Å². The summed E-state index contributed by atoms with van der Waals surface area (Å²) < 4.78 is 33.7. The monoisotopic (exact) mass is 556 g/mol. The highest BCUT2D eigenvalue weighted by Crippen LogP contribution is 2.71. The van der Waals surface area contributed by atoms with Gasteiger partial charge in [0.2, 0.25) is 0 Å².